The predicted octanol–water partition coefficient (Wildman–Crippen LogP) is 3.79. The number of methoxy groups -OCH3 is 1. The Bertz CT molecular complexity index is 596. The molecule has 0 atom stereocenters. The largest absolute Gasteiger partial charge is 0.493 e. The number of benzene rings is 1. The van der Waals surface area contributed by atoms with Gasteiger partial charge in [-0.15, -0.1) is 11.6 Å². The van der Waals surface area contributed by atoms with E-state index in [0.29, 0.717) is 24.0 Å². The summed E-state index contributed by atoms with van der Waals surface area (Å²) in [5.41, 5.74) is 3.15. The fourth-order valence-corrected chi connectivity index (χ4v) is 2.31. The molecule has 0 bridgehead atoms. The number of hydrogen-bond donors (Lipinski definition) is 0. The van der Waals surface area contributed by atoms with Gasteiger partial charge in [0.15, 0.2) is 11.5 Å². The van der Waals surface area contributed by atoms with E-state index < -0.39 is 0 Å². The molecule has 2 aromatic rings. The molecule has 0 radical (unpaired) electrons. The molecule has 1 heterocycles. The minimum Gasteiger partial charge on any atom is -0.493 e. The van der Waals surface area contributed by atoms with Crippen molar-refractivity contribution in [3.05, 3.63) is 41.2 Å². The van der Waals surface area contributed by atoms with Gasteiger partial charge in [0.25, 0.3) is 0 Å². The number of alkyl halides is 1. The average molecular weight is 309 g/mol. The second-order valence-electron chi connectivity index (χ2n) is 4.70. The van der Waals surface area contributed by atoms with Crippen molar-refractivity contribution in [2.75, 3.05) is 7.11 Å². The van der Waals surface area contributed by atoms with Crippen LogP contribution in [0.15, 0.2) is 24.3 Å². The number of aromatic nitrogens is 2. The number of halogens is 1. The molecule has 0 saturated heterocycles. The van der Waals surface area contributed by atoms with Gasteiger partial charge in [-0.05, 0) is 37.1 Å². The second-order valence-corrected chi connectivity index (χ2v) is 4.97. The molecule has 21 heavy (non-hydrogen) atoms. The summed E-state index contributed by atoms with van der Waals surface area (Å²) in [6, 6.07) is 7.81. The van der Waals surface area contributed by atoms with Crippen molar-refractivity contribution >= 4 is 11.6 Å². The zero-order valence-electron chi connectivity index (χ0n) is 12.7. The third-order valence-corrected chi connectivity index (χ3v) is 3.64. The molecule has 5 heteroatoms. The molecular formula is C16H21ClN2O2. The molecule has 0 fully saturated rings. The van der Waals surface area contributed by atoms with Crippen LogP contribution in [0.2, 0.25) is 0 Å². The maximum absolute atomic E-state index is 5.91. The first-order valence-electron chi connectivity index (χ1n) is 7.13. The lowest BCUT2D eigenvalue weighted by molar-refractivity contribution is 0.273. The van der Waals surface area contributed by atoms with Crippen LogP contribution in [-0.2, 0) is 25.5 Å². The van der Waals surface area contributed by atoms with Gasteiger partial charge in [0, 0.05) is 12.4 Å². The van der Waals surface area contributed by atoms with E-state index in [-0.39, 0.29) is 0 Å². The van der Waals surface area contributed by atoms with Gasteiger partial charge >= 0.3 is 0 Å². The maximum Gasteiger partial charge on any atom is 0.162 e. The number of nitrogens with zero attached hydrogens (tertiary/aromatic N) is 2. The number of rotatable bonds is 7. The Morgan fingerprint density at radius 2 is 2.00 bits per heavy atom. The summed E-state index contributed by atoms with van der Waals surface area (Å²) >= 11 is 5.87. The van der Waals surface area contributed by atoms with Gasteiger partial charge in [0.2, 0.25) is 0 Å². The van der Waals surface area contributed by atoms with Crippen LogP contribution >= 0.6 is 11.6 Å². The van der Waals surface area contributed by atoms with Crippen LogP contribution in [0.1, 0.15) is 30.8 Å². The van der Waals surface area contributed by atoms with E-state index in [1.807, 2.05) is 22.9 Å². The van der Waals surface area contributed by atoms with E-state index >= 15 is 0 Å². The van der Waals surface area contributed by atoms with Crippen LogP contribution in [0.5, 0.6) is 11.5 Å². The maximum atomic E-state index is 5.91. The van der Waals surface area contributed by atoms with Crippen molar-refractivity contribution in [3.63, 3.8) is 0 Å². The summed E-state index contributed by atoms with van der Waals surface area (Å²) in [6.07, 6.45) is 0.922. The van der Waals surface area contributed by atoms with Crippen LogP contribution in [0.25, 0.3) is 0 Å². The lowest BCUT2D eigenvalue weighted by Gasteiger charge is -2.12. The van der Waals surface area contributed by atoms with Crippen LogP contribution in [0.4, 0.5) is 0 Å². The monoisotopic (exact) mass is 308 g/mol. The smallest absolute Gasteiger partial charge is 0.162 e. The molecular weight excluding hydrogens is 288 g/mol. The van der Waals surface area contributed by atoms with Gasteiger partial charge in [-0.1, -0.05) is 13.0 Å². The Kier molecular flexibility index (Phi) is 5.51. The molecule has 0 unspecified atom stereocenters. The van der Waals surface area contributed by atoms with Gasteiger partial charge in [-0.2, -0.15) is 5.10 Å². The van der Waals surface area contributed by atoms with E-state index in [0.717, 1.165) is 29.9 Å². The summed E-state index contributed by atoms with van der Waals surface area (Å²) in [4.78, 5) is 0. The minimum absolute atomic E-state index is 0.452. The Morgan fingerprint density at radius 3 is 2.62 bits per heavy atom. The highest BCUT2D eigenvalue weighted by Gasteiger charge is 2.10. The van der Waals surface area contributed by atoms with Crippen molar-refractivity contribution < 1.29 is 9.47 Å². The number of hydrogen-bond acceptors (Lipinski definition) is 3. The third-order valence-electron chi connectivity index (χ3n) is 3.33. The summed E-state index contributed by atoms with van der Waals surface area (Å²) in [7, 11) is 1.63. The van der Waals surface area contributed by atoms with Crippen molar-refractivity contribution in [2.24, 2.45) is 0 Å². The molecule has 0 aliphatic rings. The normalized spacial score (nSPS) is 10.7. The van der Waals surface area contributed by atoms with Crippen molar-refractivity contribution in [2.45, 2.75) is 39.3 Å². The Balaban J connectivity index is 2.17. The molecule has 0 saturated carbocycles. The average Bonchev–Trinajstić information content (AvgIpc) is 2.94. The molecule has 0 aliphatic carbocycles. The van der Waals surface area contributed by atoms with Crippen LogP contribution < -0.4 is 9.47 Å². The molecule has 0 aliphatic heterocycles. The standard InChI is InChI=1S/C16H21ClN2O2/c1-4-13-9-14(19(5-2)18-13)11-21-16-8-12(10-17)6-7-15(16)20-3/h6-9H,4-5,10-11H2,1-3H3. The van der Waals surface area contributed by atoms with Crippen molar-refractivity contribution in [3.8, 4) is 11.5 Å². The predicted molar refractivity (Wildman–Crippen MR) is 84.2 cm³/mol. The highest BCUT2D eigenvalue weighted by atomic mass is 35.5. The van der Waals surface area contributed by atoms with Crippen LogP contribution in [-0.4, -0.2) is 16.9 Å². The van der Waals surface area contributed by atoms with Gasteiger partial charge in [-0.25, -0.2) is 0 Å². The third kappa shape index (κ3) is 3.70. The molecule has 1 aromatic heterocycles. The molecule has 4 nitrogen and oxygen atoms in total. The number of aryl methyl sites for hydroxylation is 2. The minimum atomic E-state index is 0.452. The first-order valence-corrected chi connectivity index (χ1v) is 7.66. The van der Waals surface area contributed by atoms with E-state index in [4.69, 9.17) is 21.1 Å². The number of ether oxygens (including phenoxy) is 2. The first kappa shape index (κ1) is 15.7. The molecule has 114 valence electrons. The summed E-state index contributed by atoms with van der Waals surface area (Å²) in [6.45, 7) is 5.46. The lowest BCUT2D eigenvalue weighted by Crippen LogP contribution is -2.06. The zero-order valence-corrected chi connectivity index (χ0v) is 13.5. The SMILES string of the molecule is CCc1cc(COc2cc(CCl)ccc2OC)n(CC)n1. The highest BCUT2D eigenvalue weighted by Crippen LogP contribution is 2.29. The summed E-state index contributed by atoms with van der Waals surface area (Å²) < 4.78 is 13.2. The van der Waals surface area contributed by atoms with Gasteiger partial charge in [0.1, 0.15) is 6.61 Å². The van der Waals surface area contributed by atoms with Crippen molar-refractivity contribution in [1.29, 1.82) is 0 Å². The quantitative estimate of drug-likeness (QED) is 0.730. The van der Waals surface area contributed by atoms with Crippen molar-refractivity contribution in [1.82, 2.24) is 9.78 Å². The molecule has 0 N–H and O–H groups in total. The molecule has 0 spiro atoms. The van der Waals surface area contributed by atoms with Crippen LogP contribution in [0.3, 0.4) is 0 Å². The van der Waals surface area contributed by atoms with E-state index in [1.54, 1.807) is 7.11 Å². The lowest BCUT2D eigenvalue weighted by atomic mass is 10.2. The topological polar surface area (TPSA) is 36.3 Å². The van der Waals surface area contributed by atoms with Gasteiger partial charge in [0.05, 0.1) is 18.5 Å². The summed E-state index contributed by atoms with van der Waals surface area (Å²) in [5, 5.41) is 4.52. The fourth-order valence-electron chi connectivity index (χ4n) is 2.15. The molecule has 1 aromatic carbocycles. The Morgan fingerprint density at radius 1 is 1.19 bits per heavy atom. The molecule has 0 amide bonds. The van der Waals surface area contributed by atoms with Gasteiger partial charge in [-0.3, -0.25) is 4.68 Å². The zero-order chi connectivity index (χ0) is 15.2. The highest BCUT2D eigenvalue weighted by molar-refractivity contribution is 6.17. The van der Waals surface area contributed by atoms with E-state index in [1.165, 1.54) is 0 Å². The van der Waals surface area contributed by atoms with Gasteiger partial charge < -0.3 is 9.47 Å². The Labute approximate surface area is 130 Å². The summed E-state index contributed by atoms with van der Waals surface area (Å²) in [5.74, 6) is 1.87. The van der Waals surface area contributed by atoms with E-state index in [2.05, 4.69) is 25.0 Å². The van der Waals surface area contributed by atoms with E-state index in [9.17, 15) is 0 Å². The van der Waals surface area contributed by atoms with Crippen LogP contribution in [0, 0.1) is 0 Å². The fraction of sp³-hybridized carbons (Fsp3) is 0.438. The molecule has 2 rings (SSSR count). The Hall–Kier alpha value is -1.68. The first-order chi connectivity index (χ1) is 10.2. The second kappa shape index (κ2) is 7.36.